The highest BCUT2D eigenvalue weighted by Gasteiger charge is 2.27. The maximum Gasteiger partial charge on any atom is 0.257 e. The lowest BCUT2D eigenvalue weighted by Crippen LogP contribution is -2.42. The Morgan fingerprint density at radius 1 is 1.15 bits per heavy atom. The van der Waals surface area contributed by atoms with Crippen LogP contribution in [0.2, 0.25) is 0 Å². The lowest BCUT2D eigenvalue weighted by Gasteiger charge is -2.15. The highest BCUT2D eigenvalue weighted by Crippen LogP contribution is 2.23. The topological polar surface area (TPSA) is 96.9 Å². The van der Waals surface area contributed by atoms with Gasteiger partial charge in [0.2, 0.25) is 0 Å². The Hall–Kier alpha value is -2.90. The third-order valence-electron chi connectivity index (χ3n) is 4.33. The minimum absolute atomic E-state index is 0.0394. The average molecular weight is 370 g/mol. The van der Waals surface area contributed by atoms with Crippen molar-refractivity contribution in [3.05, 3.63) is 54.1 Å². The first kappa shape index (κ1) is 18.9. The number of nitrogens with one attached hydrogen (secondary N) is 2. The highest BCUT2D eigenvalue weighted by molar-refractivity contribution is 5.95. The van der Waals surface area contributed by atoms with Crippen molar-refractivity contribution < 1.29 is 24.2 Å². The molecule has 2 atom stereocenters. The summed E-state index contributed by atoms with van der Waals surface area (Å²) >= 11 is 0. The van der Waals surface area contributed by atoms with E-state index in [4.69, 9.17) is 9.47 Å². The van der Waals surface area contributed by atoms with Crippen LogP contribution in [0.3, 0.4) is 0 Å². The second kappa shape index (κ2) is 8.66. The number of ether oxygens (including phenoxy) is 2. The van der Waals surface area contributed by atoms with Crippen molar-refractivity contribution in [1.29, 1.82) is 0 Å². The Bertz CT molecular complexity index is 806. The van der Waals surface area contributed by atoms with Gasteiger partial charge < -0.3 is 25.2 Å². The number of rotatable bonds is 6. The number of carbonyl (C=O) groups excluding carboxylic acids is 2. The molecule has 7 nitrogen and oxygen atoms in total. The summed E-state index contributed by atoms with van der Waals surface area (Å²) in [6.45, 7) is 0.506. The molecule has 3 N–H and O–H groups in total. The third kappa shape index (κ3) is 4.84. The van der Waals surface area contributed by atoms with Crippen molar-refractivity contribution >= 4 is 11.8 Å². The van der Waals surface area contributed by atoms with Crippen molar-refractivity contribution in [2.75, 3.05) is 26.9 Å². The number of benzene rings is 2. The number of amides is 2. The van der Waals surface area contributed by atoms with E-state index in [0.717, 1.165) is 11.1 Å². The molecular weight excluding hydrogens is 348 g/mol. The van der Waals surface area contributed by atoms with Crippen LogP contribution in [0.15, 0.2) is 48.5 Å². The zero-order valence-electron chi connectivity index (χ0n) is 15.0. The van der Waals surface area contributed by atoms with E-state index in [1.165, 1.54) is 0 Å². The number of aliphatic hydroxyl groups excluding tert-OH is 1. The molecule has 1 aliphatic rings. The first-order chi connectivity index (χ1) is 13.1. The van der Waals surface area contributed by atoms with Gasteiger partial charge in [-0.15, -0.1) is 0 Å². The van der Waals surface area contributed by atoms with E-state index < -0.39 is 12.1 Å². The van der Waals surface area contributed by atoms with E-state index in [1.54, 1.807) is 31.3 Å². The summed E-state index contributed by atoms with van der Waals surface area (Å²) in [6, 6.07) is 14.1. The maximum absolute atomic E-state index is 12.4. The van der Waals surface area contributed by atoms with Gasteiger partial charge in [-0.3, -0.25) is 9.59 Å². The molecule has 1 saturated heterocycles. The van der Waals surface area contributed by atoms with Crippen LogP contribution < -0.4 is 15.4 Å². The Labute approximate surface area is 157 Å². The Balaban J connectivity index is 1.67. The number of hydrogen-bond acceptors (Lipinski definition) is 5. The molecule has 0 aromatic heterocycles. The van der Waals surface area contributed by atoms with Crippen LogP contribution >= 0.6 is 0 Å². The zero-order chi connectivity index (χ0) is 19.2. The van der Waals surface area contributed by atoms with Crippen LogP contribution in [0.25, 0.3) is 11.1 Å². The van der Waals surface area contributed by atoms with Gasteiger partial charge >= 0.3 is 0 Å². The molecule has 142 valence electrons. The van der Waals surface area contributed by atoms with Gasteiger partial charge in [0, 0.05) is 12.6 Å². The largest absolute Gasteiger partial charge is 0.484 e. The molecule has 1 aliphatic heterocycles. The average Bonchev–Trinajstić information content (AvgIpc) is 3.11. The summed E-state index contributed by atoms with van der Waals surface area (Å²) in [4.78, 5) is 23.6. The predicted octanol–water partition coefficient (Wildman–Crippen LogP) is 0.968. The molecule has 0 aliphatic carbocycles. The first-order valence-corrected chi connectivity index (χ1v) is 8.67. The Morgan fingerprint density at radius 3 is 2.59 bits per heavy atom. The van der Waals surface area contributed by atoms with E-state index in [-0.39, 0.29) is 25.0 Å². The van der Waals surface area contributed by atoms with Crippen LogP contribution in [0, 0.1) is 0 Å². The highest BCUT2D eigenvalue weighted by atomic mass is 16.5. The summed E-state index contributed by atoms with van der Waals surface area (Å²) < 4.78 is 10.5. The van der Waals surface area contributed by atoms with Gasteiger partial charge in [-0.1, -0.05) is 24.3 Å². The smallest absolute Gasteiger partial charge is 0.257 e. The van der Waals surface area contributed by atoms with E-state index in [1.807, 2.05) is 24.3 Å². The van der Waals surface area contributed by atoms with Crippen molar-refractivity contribution in [3.8, 4) is 16.9 Å². The van der Waals surface area contributed by atoms with Gasteiger partial charge in [0.25, 0.3) is 11.8 Å². The Kier molecular flexibility index (Phi) is 6.05. The minimum Gasteiger partial charge on any atom is -0.484 e. The minimum atomic E-state index is -0.681. The number of aliphatic hydroxyl groups is 1. The van der Waals surface area contributed by atoms with Gasteiger partial charge in [-0.2, -0.15) is 0 Å². The maximum atomic E-state index is 12.4. The second-order valence-electron chi connectivity index (χ2n) is 6.25. The van der Waals surface area contributed by atoms with Gasteiger partial charge in [0.05, 0.1) is 25.4 Å². The molecule has 1 fully saturated rings. The number of carbonyl (C=O) groups is 2. The second-order valence-corrected chi connectivity index (χ2v) is 6.25. The molecule has 1 heterocycles. The fraction of sp³-hybridized carbons (Fsp3) is 0.300. The molecule has 2 aromatic rings. The molecule has 0 spiro atoms. The summed E-state index contributed by atoms with van der Waals surface area (Å²) in [5.41, 5.74) is 2.30. The molecule has 0 bridgehead atoms. The molecule has 7 heteroatoms. The van der Waals surface area contributed by atoms with Gasteiger partial charge in [-0.25, -0.2) is 0 Å². The fourth-order valence-electron chi connectivity index (χ4n) is 2.74. The third-order valence-corrected chi connectivity index (χ3v) is 4.33. The molecule has 0 unspecified atom stereocenters. The summed E-state index contributed by atoms with van der Waals surface area (Å²) in [7, 11) is 1.55. The van der Waals surface area contributed by atoms with E-state index in [9.17, 15) is 14.7 Å². The van der Waals surface area contributed by atoms with Gasteiger partial charge in [0.1, 0.15) is 5.75 Å². The molecule has 0 saturated carbocycles. The van der Waals surface area contributed by atoms with Crippen molar-refractivity contribution in [3.63, 3.8) is 0 Å². The normalized spacial score (nSPS) is 18.7. The zero-order valence-corrected chi connectivity index (χ0v) is 15.0. The Morgan fingerprint density at radius 2 is 1.93 bits per heavy atom. The molecular formula is C20H22N2O5. The van der Waals surface area contributed by atoms with Crippen molar-refractivity contribution in [1.82, 2.24) is 10.6 Å². The van der Waals surface area contributed by atoms with Crippen LogP contribution in [-0.2, 0) is 9.53 Å². The SMILES string of the molecule is CNC(=O)COc1ccc(-c2cccc(C(=O)N[C@H]3COC[C@@H]3O)c2)cc1. The van der Waals surface area contributed by atoms with E-state index in [0.29, 0.717) is 17.9 Å². The molecule has 27 heavy (non-hydrogen) atoms. The standard InChI is InChI=1S/C20H22N2O5/c1-21-19(24)12-27-16-7-5-13(6-8-16)14-3-2-4-15(9-14)20(25)22-17-10-26-11-18(17)23/h2-9,17-18,23H,10-12H2,1H3,(H,21,24)(H,22,25)/t17-,18-/m0/s1. The van der Waals surface area contributed by atoms with Crippen LogP contribution in [0.1, 0.15) is 10.4 Å². The summed E-state index contributed by atoms with van der Waals surface area (Å²) in [5, 5.41) is 15.0. The molecule has 3 rings (SSSR count). The van der Waals surface area contributed by atoms with E-state index in [2.05, 4.69) is 10.6 Å². The number of likely N-dealkylation sites (N-methyl/N-ethyl adjacent to an activating group) is 1. The van der Waals surface area contributed by atoms with Gasteiger partial charge in [0.15, 0.2) is 6.61 Å². The molecule has 2 amide bonds. The van der Waals surface area contributed by atoms with Crippen LogP contribution in [-0.4, -0.2) is 55.9 Å². The fourth-order valence-corrected chi connectivity index (χ4v) is 2.74. The summed E-state index contributed by atoms with van der Waals surface area (Å²) in [6.07, 6.45) is -0.681. The van der Waals surface area contributed by atoms with Crippen LogP contribution in [0.5, 0.6) is 5.75 Å². The van der Waals surface area contributed by atoms with Crippen molar-refractivity contribution in [2.24, 2.45) is 0 Å². The van der Waals surface area contributed by atoms with E-state index >= 15 is 0 Å². The number of hydrogen-bond donors (Lipinski definition) is 3. The molecule has 2 aromatic carbocycles. The lowest BCUT2D eigenvalue weighted by atomic mass is 10.0. The monoisotopic (exact) mass is 370 g/mol. The molecule has 0 radical (unpaired) electrons. The quantitative estimate of drug-likeness (QED) is 0.704. The van der Waals surface area contributed by atoms with Crippen LogP contribution in [0.4, 0.5) is 0 Å². The summed E-state index contributed by atoms with van der Waals surface area (Å²) in [5.74, 6) is 0.138. The first-order valence-electron chi connectivity index (χ1n) is 8.67. The van der Waals surface area contributed by atoms with Crippen molar-refractivity contribution in [2.45, 2.75) is 12.1 Å². The lowest BCUT2D eigenvalue weighted by molar-refractivity contribution is -0.122. The van der Waals surface area contributed by atoms with Gasteiger partial charge in [-0.05, 0) is 35.4 Å². The predicted molar refractivity (Wildman–Crippen MR) is 99.5 cm³/mol.